The van der Waals surface area contributed by atoms with Crippen molar-refractivity contribution < 1.29 is 9.53 Å². The highest BCUT2D eigenvalue weighted by Gasteiger charge is 2.44. The van der Waals surface area contributed by atoms with Gasteiger partial charge in [-0.25, -0.2) is 0 Å². The molecule has 1 amide bonds. The van der Waals surface area contributed by atoms with Crippen LogP contribution in [0.15, 0.2) is 30.3 Å². The first-order valence-corrected chi connectivity index (χ1v) is 10.1. The van der Waals surface area contributed by atoms with Crippen molar-refractivity contribution >= 4 is 5.91 Å². The number of carbonyl (C=O) groups excluding carboxylic acids is 1. The van der Waals surface area contributed by atoms with Gasteiger partial charge in [0.2, 0.25) is 0 Å². The molecule has 1 aromatic rings. The third kappa shape index (κ3) is 3.53. The van der Waals surface area contributed by atoms with Crippen LogP contribution in [0.1, 0.15) is 44.1 Å². The minimum Gasteiger partial charge on any atom is -0.368 e. The maximum atomic E-state index is 12.9. The highest BCUT2D eigenvalue weighted by molar-refractivity contribution is 5.85. The molecular formula is C21H31N3O2. The Hall–Kier alpha value is -1.43. The molecule has 4 rings (SSSR count). The summed E-state index contributed by atoms with van der Waals surface area (Å²) in [6, 6.07) is 12.2. The summed E-state index contributed by atoms with van der Waals surface area (Å²) in [5.41, 5.74) is 0.755. The zero-order valence-electron chi connectivity index (χ0n) is 15.7. The normalized spacial score (nSPS) is 30.9. The van der Waals surface area contributed by atoms with Crippen molar-refractivity contribution in [2.45, 2.75) is 68.8 Å². The molecule has 0 aromatic heterocycles. The van der Waals surface area contributed by atoms with Gasteiger partial charge in [0.25, 0.3) is 5.91 Å². The summed E-state index contributed by atoms with van der Waals surface area (Å²) >= 11 is 0. The molecule has 2 bridgehead atoms. The third-order valence-electron chi connectivity index (χ3n) is 6.64. The van der Waals surface area contributed by atoms with E-state index in [-0.39, 0.29) is 11.9 Å². The van der Waals surface area contributed by atoms with E-state index in [0.29, 0.717) is 12.1 Å². The molecule has 0 spiro atoms. The van der Waals surface area contributed by atoms with Crippen LogP contribution in [0.4, 0.5) is 0 Å². The van der Waals surface area contributed by atoms with Crippen molar-refractivity contribution in [3.8, 4) is 0 Å². The van der Waals surface area contributed by atoms with Gasteiger partial charge in [0.05, 0.1) is 0 Å². The molecule has 2 atom stereocenters. The van der Waals surface area contributed by atoms with Gasteiger partial charge in [-0.15, -0.1) is 0 Å². The Morgan fingerprint density at radius 1 is 1.19 bits per heavy atom. The molecule has 0 aliphatic carbocycles. The fraction of sp³-hybridized carbons (Fsp3) is 0.667. The fourth-order valence-corrected chi connectivity index (χ4v) is 5.12. The highest BCUT2D eigenvalue weighted by atomic mass is 16.5. The fourth-order valence-electron chi connectivity index (χ4n) is 5.12. The lowest BCUT2D eigenvalue weighted by molar-refractivity contribution is -0.148. The third-order valence-corrected chi connectivity index (χ3v) is 6.64. The average Bonchev–Trinajstić information content (AvgIpc) is 2.91. The van der Waals surface area contributed by atoms with Gasteiger partial charge in [0.15, 0.2) is 0 Å². The number of nitrogens with zero attached hydrogens (tertiary/aromatic N) is 1. The van der Waals surface area contributed by atoms with Crippen LogP contribution >= 0.6 is 0 Å². The van der Waals surface area contributed by atoms with Crippen molar-refractivity contribution in [1.82, 2.24) is 15.5 Å². The summed E-state index contributed by atoms with van der Waals surface area (Å²) in [5, 5.41) is 6.67. The van der Waals surface area contributed by atoms with Crippen LogP contribution < -0.4 is 10.6 Å². The lowest BCUT2D eigenvalue weighted by atomic mass is 9.89. The number of ether oxygens (including phenoxy) is 1. The average molecular weight is 357 g/mol. The molecule has 142 valence electrons. The van der Waals surface area contributed by atoms with Gasteiger partial charge < -0.3 is 15.4 Å². The number of piperidine rings is 2. The summed E-state index contributed by atoms with van der Waals surface area (Å²) in [6.07, 6.45) is 6.15. The van der Waals surface area contributed by atoms with Crippen molar-refractivity contribution in [3.63, 3.8) is 0 Å². The molecule has 0 saturated carbocycles. The number of nitrogens with one attached hydrogen (secondary N) is 2. The van der Waals surface area contributed by atoms with E-state index in [4.69, 9.17) is 4.74 Å². The number of benzene rings is 1. The van der Waals surface area contributed by atoms with Gasteiger partial charge in [0, 0.05) is 31.8 Å². The van der Waals surface area contributed by atoms with Crippen molar-refractivity contribution in [2.75, 3.05) is 20.2 Å². The molecule has 2 unspecified atom stereocenters. The zero-order valence-corrected chi connectivity index (χ0v) is 15.7. The predicted octanol–water partition coefficient (Wildman–Crippen LogP) is 2.07. The minimum atomic E-state index is -0.633. The minimum absolute atomic E-state index is 0.0995. The topological polar surface area (TPSA) is 53.6 Å². The summed E-state index contributed by atoms with van der Waals surface area (Å²) in [6.45, 7) is 2.73. The van der Waals surface area contributed by atoms with Crippen molar-refractivity contribution in [3.05, 3.63) is 35.9 Å². The Kier molecular flexibility index (Phi) is 5.30. The molecule has 1 aromatic carbocycles. The summed E-state index contributed by atoms with van der Waals surface area (Å²) in [7, 11) is 1.68. The number of hydrogen-bond acceptors (Lipinski definition) is 4. The van der Waals surface area contributed by atoms with Crippen LogP contribution in [0.3, 0.4) is 0 Å². The Labute approximate surface area is 156 Å². The van der Waals surface area contributed by atoms with E-state index in [1.165, 1.54) is 18.4 Å². The van der Waals surface area contributed by atoms with Gasteiger partial charge in [-0.3, -0.25) is 9.69 Å². The smallest absolute Gasteiger partial charge is 0.252 e. The van der Waals surface area contributed by atoms with E-state index in [1.54, 1.807) is 7.11 Å². The van der Waals surface area contributed by atoms with E-state index in [2.05, 4.69) is 45.9 Å². The lowest BCUT2D eigenvalue weighted by Crippen LogP contribution is -2.58. The van der Waals surface area contributed by atoms with Crippen LogP contribution in [-0.4, -0.2) is 54.7 Å². The maximum Gasteiger partial charge on any atom is 0.252 e. The molecule has 3 aliphatic heterocycles. The molecule has 3 saturated heterocycles. The Bertz CT molecular complexity index is 601. The number of amides is 1. The molecule has 3 aliphatic rings. The van der Waals surface area contributed by atoms with E-state index in [0.717, 1.165) is 45.3 Å². The summed E-state index contributed by atoms with van der Waals surface area (Å²) in [5.74, 6) is 0.0995. The van der Waals surface area contributed by atoms with E-state index in [9.17, 15) is 4.79 Å². The number of rotatable bonds is 5. The lowest BCUT2D eigenvalue weighted by Gasteiger charge is -2.41. The predicted molar refractivity (Wildman–Crippen MR) is 102 cm³/mol. The largest absolute Gasteiger partial charge is 0.368 e. The number of methoxy groups -OCH3 is 1. The highest BCUT2D eigenvalue weighted by Crippen LogP contribution is 2.37. The van der Waals surface area contributed by atoms with Gasteiger partial charge in [-0.2, -0.15) is 0 Å². The number of carbonyl (C=O) groups is 1. The standard InChI is InChI=1S/C21H31N3O2/c1-26-21(9-11-22-12-10-21)20(25)23-17-13-18-7-8-19(14-17)24(18)15-16-5-3-2-4-6-16/h2-6,17-19,22H,7-15H2,1H3,(H,23,25). The van der Waals surface area contributed by atoms with Crippen molar-refractivity contribution in [2.24, 2.45) is 0 Å². The van der Waals surface area contributed by atoms with E-state index >= 15 is 0 Å². The molecule has 5 heteroatoms. The maximum absolute atomic E-state index is 12.9. The monoisotopic (exact) mass is 357 g/mol. The summed E-state index contributed by atoms with van der Waals surface area (Å²) in [4.78, 5) is 15.6. The zero-order chi connectivity index (χ0) is 18.0. The second kappa shape index (κ2) is 7.67. The van der Waals surface area contributed by atoms with E-state index < -0.39 is 5.60 Å². The second-order valence-electron chi connectivity index (χ2n) is 8.13. The molecule has 0 radical (unpaired) electrons. The van der Waals surface area contributed by atoms with Crippen LogP contribution in [0.2, 0.25) is 0 Å². The molecule has 26 heavy (non-hydrogen) atoms. The molecule has 5 nitrogen and oxygen atoms in total. The van der Waals surface area contributed by atoms with Crippen LogP contribution in [0.25, 0.3) is 0 Å². The molecule has 2 N–H and O–H groups in total. The first kappa shape index (κ1) is 18.0. The van der Waals surface area contributed by atoms with Gasteiger partial charge in [-0.05, 0) is 57.2 Å². The number of fused-ring (bicyclic) bond motifs is 2. The van der Waals surface area contributed by atoms with Crippen LogP contribution in [0, 0.1) is 0 Å². The Balaban J connectivity index is 1.37. The first-order valence-electron chi connectivity index (χ1n) is 10.1. The molecule has 3 fully saturated rings. The van der Waals surface area contributed by atoms with Crippen LogP contribution in [-0.2, 0) is 16.1 Å². The SMILES string of the molecule is COC1(C(=O)NC2CC3CCC(C2)N3Cc2ccccc2)CCNCC1. The Morgan fingerprint density at radius 3 is 2.46 bits per heavy atom. The van der Waals surface area contributed by atoms with E-state index in [1.807, 2.05) is 0 Å². The Morgan fingerprint density at radius 2 is 1.85 bits per heavy atom. The second-order valence-corrected chi connectivity index (χ2v) is 8.13. The molecular weight excluding hydrogens is 326 g/mol. The van der Waals surface area contributed by atoms with Crippen molar-refractivity contribution in [1.29, 1.82) is 0 Å². The number of hydrogen-bond donors (Lipinski definition) is 2. The van der Waals surface area contributed by atoms with Crippen LogP contribution in [0.5, 0.6) is 0 Å². The summed E-state index contributed by atoms with van der Waals surface area (Å²) < 4.78 is 5.69. The van der Waals surface area contributed by atoms with Gasteiger partial charge in [-0.1, -0.05) is 30.3 Å². The van der Waals surface area contributed by atoms with Gasteiger partial charge in [0.1, 0.15) is 5.60 Å². The van der Waals surface area contributed by atoms with Gasteiger partial charge >= 0.3 is 0 Å². The quantitative estimate of drug-likeness (QED) is 0.847. The molecule has 3 heterocycles. The first-order chi connectivity index (χ1) is 12.7.